The number of nitrogens with one attached hydrogen (secondary N) is 1. The first-order valence-corrected chi connectivity index (χ1v) is 8.30. The van der Waals surface area contributed by atoms with Crippen molar-refractivity contribution >= 4 is 22.6 Å². The van der Waals surface area contributed by atoms with Crippen LogP contribution in [0.1, 0.15) is 5.01 Å². The summed E-state index contributed by atoms with van der Waals surface area (Å²) in [7, 11) is 1.61. The molecule has 0 saturated heterocycles. The number of thiazole rings is 1. The summed E-state index contributed by atoms with van der Waals surface area (Å²) in [6.45, 7) is 0. The lowest BCUT2D eigenvalue weighted by Crippen LogP contribution is -1.91. The van der Waals surface area contributed by atoms with E-state index in [9.17, 15) is 9.65 Å². The van der Waals surface area contributed by atoms with E-state index in [1.165, 1.54) is 29.7 Å². The number of nitrogens with zero attached hydrogens (tertiary/aromatic N) is 2. The van der Waals surface area contributed by atoms with E-state index in [2.05, 4.69) is 16.4 Å². The zero-order valence-electron chi connectivity index (χ0n) is 13.4. The molecule has 0 bridgehead atoms. The fraction of sp³-hybridized carbons (Fsp3) is 0.0526. The number of halogens is 1. The molecule has 0 amide bonds. The van der Waals surface area contributed by atoms with Gasteiger partial charge in [-0.3, -0.25) is 0 Å². The number of ether oxygens (including phenoxy) is 1. The van der Waals surface area contributed by atoms with Crippen molar-refractivity contribution in [2.24, 2.45) is 0 Å². The number of rotatable bonds is 5. The molecule has 0 aliphatic heterocycles. The van der Waals surface area contributed by atoms with Gasteiger partial charge >= 0.3 is 0 Å². The number of benzene rings is 2. The molecule has 0 radical (unpaired) electrons. The van der Waals surface area contributed by atoms with Crippen molar-refractivity contribution in [3.63, 3.8) is 0 Å². The predicted molar refractivity (Wildman–Crippen MR) is 97.7 cm³/mol. The Hall–Kier alpha value is -3.17. The van der Waals surface area contributed by atoms with Gasteiger partial charge in [-0.05, 0) is 30.3 Å². The van der Waals surface area contributed by atoms with E-state index in [0.29, 0.717) is 16.3 Å². The van der Waals surface area contributed by atoms with Crippen LogP contribution in [0.2, 0.25) is 0 Å². The van der Waals surface area contributed by atoms with Crippen LogP contribution in [0.25, 0.3) is 16.8 Å². The molecule has 1 heterocycles. The molecule has 4 nitrogen and oxygen atoms in total. The molecule has 0 unspecified atom stereocenters. The molecule has 0 saturated carbocycles. The molecule has 1 N–H and O–H groups in total. The summed E-state index contributed by atoms with van der Waals surface area (Å²) in [5.41, 5.74) is 2.63. The van der Waals surface area contributed by atoms with E-state index in [1.807, 2.05) is 29.6 Å². The molecule has 0 aliphatic rings. The summed E-state index contributed by atoms with van der Waals surface area (Å²) in [6.07, 6.45) is 1.53. The van der Waals surface area contributed by atoms with E-state index in [-0.39, 0.29) is 5.82 Å². The van der Waals surface area contributed by atoms with Crippen molar-refractivity contribution in [2.75, 3.05) is 12.4 Å². The quantitative estimate of drug-likeness (QED) is 0.662. The Balaban J connectivity index is 1.84. The standard InChI is InChI=1S/C19H14FN3OS/c1-24-17-7-2-4-13(8-17)18-12-25-19(23-18)14(10-21)11-22-16-6-3-5-15(20)9-16/h2-9,11-12,22H,1H3/b14-11-. The molecule has 25 heavy (non-hydrogen) atoms. The van der Waals surface area contributed by atoms with Crippen LogP contribution in [-0.2, 0) is 0 Å². The Kier molecular flexibility index (Phi) is 5.07. The number of aromatic nitrogens is 1. The maximum absolute atomic E-state index is 13.2. The fourth-order valence-corrected chi connectivity index (χ4v) is 2.98. The summed E-state index contributed by atoms with van der Waals surface area (Å²) in [6, 6.07) is 15.7. The minimum absolute atomic E-state index is 0.341. The van der Waals surface area contributed by atoms with Gasteiger partial charge in [0.1, 0.15) is 28.2 Å². The first-order valence-electron chi connectivity index (χ1n) is 7.42. The van der Waals surface area contributed by atoms with E-state index in [0.717, 1.165) is 17.0 Å². The SMILES string of the molecule is COc1cccc(-c2csc(/C(C#N)=C\Nc3cccc(F)c3)n2)c1. The van der Waals surface area contributed by atoms with Crippen LogP contribution < -0.4 is 10.1 Å². The number of hydrogen-bond acceptors (Lipinski definition) is 5. The Morgan fingerprint density at radius 3 is 2.88 bits per heavy atom. The van der Waals surface area contributed by atoms with Crippen molar-refractivity contribution < 1.29 is 9.13 Å². The number of nitriles is 1. The highest BCUT2D eigenvalue weighted by Crippen LogP contribution is 2.28. The van der Waals surface area contributed by atoms with Gasteiger partial charge in [0.15, 0.2) is 0 Å². The van der Waals surface area contributed by atoms with E-state index in [1.54, 1.807) is 19.2 Å². The third-order valence-corrected chi connectivity index (χ3v) is 4.30. The van der Waals surface area contributed by atoms with E-state index in [4.69, 9.17) is 4.74 Å². The highest BCUT2D eigenvalue weighted by molar-refractivity contribution is 7.11. The highest BCUT2D eigenvalue weighted by Gasteiger charge is 2.09. The molecule has 3 rings (SSSR count). The Morgan fingerprint density at radius 2 is 2.12 bits per heavy atom. The molecule has 2 aromatic carbocycles. The van der Waals surface area contributed by atoms with Gasteiger partial charge in [0.05, 0.1) is 12.8 Å². The first kappa shape index (κ1) is 16.7. The van der Waals surface area contributed by atoms with Crippen LogP contribution >= 0.6 is 11.3 Å². The Morgan fingerprint density at radius 1 is 1.28 bits per heavy atom. The van der Waals surface area contributed by atoms with Crippen molar-refractivity contribution in [1.82, 2.24) is 4.98 Å². The van der Waals surface area contributed by atoms with Gasteiger partial charge in [-0.1, -0.05) is 18.2 Å². The number of methoxy groups -OCH3 is 1. The first-order chi connectivity index (χ1) is 12.2. The van der Waals surface area contributed by atoms with E-state index < -0.39 is 0 Å². The zero-order chi connectivity index (χ0) is 17.6. The normalized spacial score (nSPS) is 11.0. The van der Waals surface area contributed by atoms with Crippen LogP contribution in [0.4, 0.5) is 10.1 Å². The van der Waals surface area contributed by atoms with Crippen molar-refractivity contribution in [3.05, 3.63) is 70.9 Å². The number of anilines is 1. The van der Waals surface area contributed by atoms with Crippen LogP contribution in [0, 0.1) is 17.1 Å². The average Bonchev–Trinajstić information content (AvgIpc) is 3.12. The topological polar surface area (TPSA) is 57.9 Å². The predicted octanol–water partition coefficient (Wildman–Crippen LogP) is 4.93. The number of allylic oxidation sites excluding steroid dienone is 1. The molecule has 1 aromatic heterocycles. The van der Waals surface area contributed by atoms with Gasteiger partial charge in [0.25, 0.3) is 0 Å². The second-order valence-corrected chi connectivity index (χ2v) is 5.95. The van der Waals surface area contributed by atoms with Crippen molar-refractivity contribution in [1.29, 1.82) is 5.26 Å². The lowest BCUT2D eigenvalue weighted by Gasteiger charge is -2.02. The van der Waals surface area contributed by atoms with Gasteiger partial charge in [-0.2, -0.15) is 5.26 Å². The smallest absolute Gasteiger partial charge is 0.136 e. The van der Waals surface area contributed by atoms with Crippen molar-refractivity contribution in [3.8, 4) is 23.1 Å². The van der Waals surface area contributed by atoms with Gasteiger partial charge < -0.3 is 10.1 Å². The minimum atomic E-state index is -0.341. The lowest BCUT2D eigenvalue weighted by atomic mass is 10.1. The summed E-state index contributed by atoms with van der Waals surface area (Å²) < 4.78 is 18.4. The summed E-state index contributed by atoms with van der Waals surface area (Å²) in [5.74, 6) is 0.405. The largest absolute Gasteiger partial charge is 0.497 e. The van der Waals surface area contributed by atoms with E-state index >= 15 is 0 Å². The third-order valence-electron chi connectivity index (χ3n) is 3.43. The molecule has 0 fully saturated rings. The molecule has 6 heteroatoms. The highest BCUT2D eigenvalue weighted by atomic mass is 32.1. The van der Waals surface area contributed by atoms with Gasteiger partial charge in [-0.25, -0.2) is 9.37 Å². The maximum Gasteiger partial charge on any atom is 0.136 e. The van der Waals surface area contributed by atoms with Crippen LogP contribution in [0.15, 0.2) is 60.1 Å². The molecule has 0 aliphatic carbocycles. The van der Waals surface area contributed by atoms with Gasteiger partial charge in [0.2, 0.25) is 0 Å². The number of hydrogen-bond donors (Lipinski definition) is 1. The molecule has 124 valence electrons. The third kappa shape index (κ3) is 4.03. The van der Waals surface area contributed by atoms with Gasteiger partial charge in [0, 0.05) is 22.8 Å². The Bertz CT molecular complexity index is 959. The molecule has 0 spiro atoms. The average molecular weight is 351 g/mol. The van der Waals surface area contributed by atoms with Crippen LogP contribution in [0.5, 0.6) is 5.75 Å². The van der Waals surface area contributed by atoms with Crippen LogP contribution in [-0.4, -0.2) is 12.1 Å². The van der Waals surface area contributed by atoms with Crippen molar-refractivity contribution in [2.45, 2.75) is 0 Å². The second kappa shape index (κ2) is 7.60. The summed E-state index contributed by atoms with van der Waals surface area (Å²) >= 11 is 1.37. The lowest BCUT2D eigenvalue weighted by molar-refractivity contribution is 0.415. The molecule has 3 aromatic rings. The fourth-order valence-electron chi connectivity index (χ4n) is 2.19. The zero-order valence-corrected chi connectivity index (χ0v) is 14.2. The van der Waals surface area contributed by atoms with Crippen LogP contribution in [0.3, 0.4) is 0 Å². The molecular formula is C19H14FN3OS. The molecular weight excluding hydrogens is 337 g/mol. The van der Waals surface area contributed by atoms with Gasteiger partial charge in [-0.15, -0.1) is 11.3 Å². The second-order valence-electron chi connectivity index (χ2n) is 5.09. The molecule has 0 atom stereocenters. The summed E-state index contributed by atoms with van der Waals surface area (Å²) in [4.78, 5) is 4.52. The minimum Gasteiger partial charge on any atom is -0.497 e. The Labute approximate surface area is 148 Å². The summed E-state index contributed by atoms with van der Waals surface area (Å²) in [5, 5.41) is 14.8. The monoisotopic (exact) mass is 351 g/mol. The maximum atomic E-state index is 13.2.